The van der Waals surface area contributed by atoms with Crippen LogP contribution in [0.3, 0.4) is 0 Å². The van der Waals surface area contributed by atoms with Crippen LogP contribution in [0.4, 0.5) is 0 Å². The fraction of sp³-hybridized carbons (Fsp3) is 0.471. The number of nitrogens with zero attached hydrogens (tertiary/aromatic N) is 4. The zero-order valence-corrected chi connectivity index (χ0v) is 13.2. The van der Waals surface area contributed by atoms with Crippen molar-refractivity contribution in [3.05, 3.63) is 36.2 Å². The van der Waals surface area contributed by atoms with Gasteiger partial charge in [-0.1, -0.05) is 6.07 Å². The van der Waals surface area contributed by atoms with Crippen LogP contribution in [0.15, 0.2) is 30.6 Å². The van der Waals surface area contributed by atoms with Gasteiger partial charge in [0.05, 0.1) is 11.4 Å². The topological polar surface area (TPSA) is 51.0 Å². The Hall–Kier alpha value is -2.17. The van der Waals surface area contributed by atoms with E-state index in [2.05, 4.69) is 22.2 Å². The molecule has 3 heterocycles. The van der Waals surface area contributed by atoms with E-state index in [0.29, 0.717) is 5.92 Å². The maximum Gasteiger partial charge on any atom is 0.219 e. The summed E-state index contributed by atoms with van der Waals surface area (Å²) < 4.78 is 1.83. The molecule has 1 aliphatic rings. The van der Waals surface area contributed by atoms with Gasteiger partial charge in [0.2, 0.25) is 5.91 Å². The minimum atomic E-state index is 0.189. The number of amides is 1. The van der Waals surface area contributed by atoms with Gasteiger partial charge >= 0.3 is 0 Å². The molecule has 22 heavy (non-hydrogen) atoms. The van der Waals surface area contributed by atoms with Crippen molar-refractivity contribution in [2.24, 2.45) is 13.0 Å². The molecule has 1 fully saturated rings. The second kappa shape index (κ2) is 6.30. The van der Waals surface area contributed by atoms with E-state index in [9.17, 15) is 4.79 Å². The lowest BCUT2D eigenvalue weighted by atomic mass is 9.92. The quantitative estimate of drug-likeness (QED) is 0.873. The highest BCUT2D eigenvalue weighted by Gasteiger charge is 2.21. The number of hydrogen-bond acceptors (Lipinski definition) is 3. The molecule has 2 aromatic rings. The number of rotatable bonds is 3. The minimum Gasteiger partial charge on any atom is -0.343 e. The Bertz CT molecular complexity index is 647. The van der Waals surface area contributed by atoms with Crippen LogP contribution < -0.4 is 0 Å². The van der Waals surface area contributed by atoms with Crippen LogP contribution in [-0.2, 0) is 18.3 Å². The van der Waals surface area contributed by atoms with Gasteiger partial charge in [0.1, 0.15) is 0 Å². The third-order valence-electron chi connectivity index (χ3n) is 4.40. The molecule has 0 unspecified atom stereocenters. The summed E-state index contributed by atoms with van der Waals surface area (Å²) in [5.74, 6) is 0.733. The van der Waals surface area contributed by atoms with Crippen LogP contribution in [0.1, 0.15) is 25.3 Å². The van der Waals surface area contributed by atoms with Crippen molar-refractivity contribution >= 4 is 5.91 Å². The molecule has 0 saturated carbocycles. The Morgan fingerprint density at radius 3 is 2.86 bits per heavy atom. The minimum absolute atomic E-state index is 0.189. The number of aryl methyl sites for hydroxylation is 1. The van der Waals surface area contributed by atoms with E-state index in [1.165, 1.54) is 12.0 Å². The van der Waals surface area contributed by atoms with Crippen LogP contribution in [-0.4, -0.2) is 38.7 Å². The lowest BCUT2D eigenvalue weighted by Crippen LogP contribution is -2.39. The van der Waals surface area contributed by atoms with E-state index >= 15 is 0 Å². The van der Waals surface area contributed by atoms with Gasteiger partial charge in [0.15, 0.2) is 0 Å². The van der Waals surface area contributed by atoms with Crippen LogP contribution in [0.25, 0.3) is 11.4 Å². The summed E-state index contributed by atoms with van der Waals surface area (Å²) in [4.78, 5) is 18.0. The molecule has 1 aliphatic heterocycles. The summed E-state index contributed by atoms with van der Waals surface area (Å²) >= 11 is 0. The van der Waals surface area contributed by atoms with Gasteiger partial charge in [-0.05, 0) is 42.9 Å². The molecule has 0 N–H and O–H groups in total. The van der Waals surface area contributed by atoms with Gasteiger partial charge in [-0.15, -0.1) is 0 Å². The largest absolute Gasteiger partial charge is 0.343 e. The average Bonchev–Trinajstić information content (AvgIpc) is 2.94. The van der Waals surface area contributed by atoms with Gasteiger partial charge in [0, 0.05) is 39.5 Å². The molecular formula is C17H22N4O. The molecule has 5 heteroatoms. The van der Waals surface area contributed by atoms with Crippen molar-refractivity contribution in [3.63, 3.8) is 0 Å². The number of pyridine rings is 1. The Morgan fingerprint density at radius 2 is 2.23 bits per heavy atom. The van der Waals surface area contributed by atoms with Gasteiger partial charge in [0.25, 0.3) is 0 Å². The number of aromatic nitrogens is 3. The van der Waals surface area contributed by atoms with Gasteiger partial charge in [-0.3, -0.25) is 14.5 Å². The van der Waals surface area contributed by atoms with Gasteiger partial charge in [-0.25, -0.2) is 0 Å². The standard InChI is InChI=1S/C17H22N4O/c1-13(22)21-9-3-4-15(12-21)10-14-5-6-16(18-11-14)17-7-8-19-20(17)2/h5-8,11,15H,3-4,9-10,12H2,1-2H3/t15-/m1/s1. The molecule has 5 nitrogen and oxygen atoms in total. The van der Waals surface area contributed by atoms with Crippen molar-refractivity contribution < 1.29 is 4.79 Å². The molecule has 0 spiro atoms. The van der Waals surface area contributed by atoms with Crippen molar-refractivity contribution in [2.45, 2.75) is 26.2 Å². The fourth-order valence-corrected chi connectivity index (χ4v) is 3.17. The number of likely N-dealkylation sites (tertiary alicyclic amines) is 1. The summed E-state index contributed by atoms with van der Waals surface area (Å²) in [6.07, 6.45) is 7.01. The molecule has 1 amide bonds. The molecule has 0 aliphatic carbocycles. The molecule has 1 saturated heterocycles. The second-order valence-electron chi connectivity index (χ2n) is 6.07. The normalized spacial score (nSPS) is 18.5. The Kier molecular flexibility index (Phi) is 4.22. The third-order valence-corrected chi connectivity index (χ3v) is 4.40. The van der Waals surface area contributed by atoms with Crippen LogP contribution in [0.2, 0.25) is 0 Å². The third kappa shape index (κ3) is 3.18. The van der Waals surface area contributed by atoms with E-state index in [1.54, 1.807) is 13.1 Å². The van der Waals surface area contributed by atoms with Crippen LogP contribution in [0.5, 0.6) is 0 Å². The van der Waals surface area contributed by atoms with Crippen molar-refractivity contribution in [2.75, 3.05) is 13.1 Å². The number of hydrogen-bond donors (Lipinski definition) is 0. The smallest absolute Gasteiger partial charge is 0.219 e. The number of piperidine rings is 1. The van der Waals surface area contributed by atoms with Crippen molar-refractivity contribution in [3.8, 4) is 11.4 Å². The first-order valence-corrected chi connectivity index (χ1v) is 7.82. The highest BCUT2D eigenvalue weighted by Crippen LogP contribution is 2.22. The summed E-state index contributed by atoms with van der Waals surface area (Å²) in [7, 11) is 1.92. The zero-order valence-electron chi connectivity index (χ0n) is 13.2. The van der Waals surface area contributed by atoms with E-state index in [-0.39, 0.29) is 5.91 Å². The SMILES string of the molecule is CC(=O)N1CCC[C@H](Cc2ccc(-c3ccnn3C)nc2)C1. The maximum absolute atomic E-state index is 11.5. The summed E-state index contributed by atoms with van der Waals surface area (Å²) in [5, 5.41) is 4.17. The van der Waals surface area contributed by atoms with E-state index in [1.807, 2.05) is 28.9 Å². The number of carbonyl (C=O) groups is 1. The Morgan fingerprint density at radius 1 is 1.36 bits per heavy atom. The summed E-state index contributed by atoms with van der Waals surface area (Å²) in [6.45, 7) is 3.44. The van der Waals surface area contributed by atoms with Gasteiger partial charge in [-0.2, -0.15) is 5.10 Å². The monoisotopic (exact) mass is 298 g/mol. The predicted molar refractivity (Wildman–Crippen MR) is 85.1 cm³/mol. The van der Waals surface area contributed by atoms with E-state index in [4.69, 9.17) is 0 Å². The molecule has 1 atom stereocenters. The lowest BCUT2D eigenvalue weighted by Gasteiger charge is -2.32. The first kappa shape index (κ1) is 14.8. The Balaban J connectivity index is 1.66. The first-order chi connectivity index (χ1) is 10.6. The van der Waals surface area contributed by atoms with Crippen LogP contribution in [0, 0.1) is 5.92 Å². The fourth-order valence-electron chi connectivity index (χ4n) is 3.17. The first-order valence-electron chi connectivity index (χ1n) is 7.82. The molecule has 0 radical (unpaired) electrons. The molecule has 0 aromatic carbocycles. The lowest BCUT2D eigenvalue weighted by molar-refractivity contribution is -0.130. The van der Waals surface area contributed by atoms with Crippen LogP contribution >= 0.6 is 0 Å². The van der Waals surface area contributed by atoms with E-state index < -0.39 is 0 Å². The molecular weight excluding hydrogens is 276 g/mol. The molecule has 3 rings (SSSR count). The molecule has 0 bridgehead atoms. The summed E-state index contributed by atoms with van der Waals surface area (Å²) in [5.41, 5.74) is 3.20. The van der Waals surface area contributed by atoms with Gasteiger partial charge < -0.3 is 4.90 Å². The highest BCUT2D eigenvalue weighted by atomic mass is 16.2. The average molecular weight is 298 g/mol. The summed E-state index contributed by atoms with van der Waals surface area (Å²) in [6, 6.07) is 6.16. The Labute approximate surface area is 131 Å². The predicted octanol–water partition coefficient (Wildman–Crippen LogP) is 2.28. The highest BCUT2D eigenvalue weighted by molar-refractivity contribution is 5.73. The molecule has 2 aromatic heterocycles. The van der Waals surface area contributed by atoms with Crippen molar-refractivity contribution in [1.82, 2.24) is 19.7 Å². The second-order valence-corrected chi connectivity index (χ2v) is 6.07. The van der Waals surface area contributed by atoms with E-state index in [0.717, 1.165) is 37.3 Å². The maximum atomic E-state index is 11.5. The number of carbonyl (C=O) groups excluding carboxylic acids is 1. The molecule has 116 valence electrons. The van der Waals surface area contributed by atoms with Crippen molar-refractivity contribution in [1.29, 1.82) is 0 Å². The zero-order chi connectivity index (χ0) is 15.5.